The van der Waals surface area contributed by atoms with Crippen LogP contribution >= 0.6 is 0 Å². The van der Waals surface area contributed by atoms with Gasteiger partial charge in [0.2, 0.25) is 0 Å². The van der Waals surface area contributed by atoms with E-state index in [0.29, 0.717) is 12.2 Å². The van der Waals surface area contributed by atoms with E-state index in [4.69, 9.17) is 14.2 Å². The number of carbonyl (C=O) groups excluding carboxylic acids is 2. The molecule has 0 aliphatic heterocycles. The summed E-state index contributed by atoms with van der Waals surface area (Å²) in [5, 5.41) is 11.0. The van der Waals surface area contributed by atoms with Crippen molar-refractivity contribution in [2.24, 2.45) is 17.8 Å². The Morgan fingerprint density at radius 1 is 0.909 bits per heavy atom. The first kappa shape index (κ1) is 26.6. The lowest BCUT2D eigenvalue weighted by atomic mass is 9.82. The Morgan fingerprint density at radius 2 is 1.52 bits per heavy atom. The smallest absolute Gasteiger partial charge is 0.338 e. The van der Waals surface area contributed by atoms with E-state index < -0.39 is 24.1 Å². The molecule has 1 N–H and O–H groups in total. The molecule has 0 spiro atoms. The van der Waals surface area contributed by atoms with E-state index in [1.54, 1.807) is 44.4 Å². The van der Waals surface area contributed by atoms with Crippen molar-refractivity contribution >= 4 is 11.8 Å². The second-order valence-electron chi connectivity index (χ2n) is 8.82. The van der Waals surface area contributed by atoms with E-state index in [1.807, 2.05) is 45.0 Å². The number of aliphatic hydroxyl groups excluding tert-OH is 1. The minimum Gasteiger partial charge on any atom is -0.497 e. The molecule has 2 aromatic rings. The Kier molecular flexibility index (Phi) is 10.1. The Morgan fingerprint density at radius 3 is 2.06 bits per heavy atom. The molecule has 0 aromatic heterocycles. The highest BCUT2D eigenvalue weighted by Gasteiger charge is 2.36. The zero-order chi connectivity index (χ0) is 24.5. The second-order valence-corrected chi connectivity index (χ2v) is 8.82. The minimum absolute atomic E-state index is 0.128. The third kappa shape index (κ3) is 7.41. The van der Waals surface area contributed by atoms with Crippen LogP contribution in [0.5, 0.6) is 5.75 Å². The molecule has 0 radical (unpaired) electrons. The SMILES string of the molecule is COc1ccc(CO[C@@H](C(C)C)[C@H](C)[C@H](O)[C@H](C)C(=O)[C@@H](C)OC(=O)c2ccccc2)cc1. The van der Waals surface area contributed by atoms with Crippen LogP contribution in [-0.2, 0) is 20.9 Å². The van der Waals surface area contributed by atoms with Crippen molar-refractivity contribution in [3.63, 3.8) is 0 Å². The van der Waals surface area contributed by atoms with Crippen molar-refractivity contribution in [2.75, 3.05) is 7.11 Å². The van der Waals surface area contributed by atoms with Crippen molar-refractivity contribution < 1.29 is 28.9 Å². The molecule has 0 fully saturated rings. The molecule has 0 heterocycles. The third-order valence-corrected chi connectivity index (χ3v) is 5.97. The molecule has 6 heteroatoms. The van der Waals surface area contributed by atoms with Crippen molar-refractivity contribution in [3.8, 4) is 5.75 Å². The molecular formula is C27H36O6. The summed E-state index contributed by atoms with van der Waals surface area (Å²) >= 11 is 0. The zero-order valence-electron chi connectivity index (χ0n) is 20.4. The first-order valence-electron chi connectivity index (χ1n) is 11.4. The lowest BCUT2D eigenvalue weighted by Gasteiger charge is -2.34. The van der Waals surface area contributed by atoms with E-state index in [0.717, 1.165) is 11.3 Å². The Hall–Kier alpha value is -2.70. The Bertz CT molecular complexity index is 877. The number of esters is 1. The predicted molar refractivity (Wildman–Crippen MR) is 127 cm³/mol. The maximum absolute atomic E-state index is 12.9. The van der Waals surface area contributed by atoms with Crippen LogP contribution in [0.15, 0.2) is 54.6 Å². The number of hydrogen-bond acceptors (Lipinski definition) is 6. The van der Waals surface area contributed by atoms with Crippen LogP contribution in [0.4, 0.5) is 0 Å². The number of methoxy groups -OCH3 is 1. The number of ether oxygens (including phenoxy) is 3. The van der Waals surface area contributed by atoms with Crippen LogP contribution in [0.1, 0.15) is 50.5 Å². The molecule has 0 aliphatic carbocycles. The van der Waals surface area contributed by atoms with Gasteiger partial charge in [-0.1, -0.05) is 58.0 Å². The molecule has 0 amide bonds. The number of rotatable bonds is 12. The number of benzene rings is 2. The lowest BCUT2D eigenvalue weighted by molar-refractivity contribution is -0.138. The van der Waals surface area contributed by atoms with Crippen LogP contribution in [0.3, 0.4) is 0 Å². The quantitative estimate of drug-likeness (QED) is 0.467. The van der Waals surface area contributed by atoms with Gasteiger partial charge in [-0.25, -0.2) is 4.79 Å². The summed E-state index contributed by atoms with van der Waals surface area (Å²) in [4.78, 5) is 25.2. The van der Waals surface area contributed by atoms with Gasteiger partial charge >= 0.3 is 5.97 Å². The zero-order valence-corrected chi connectivity index (χ0v) is 20.4. The summed E-state index contributed by atoms with van der Waals surface area (Å²) < 4.78 is 16.7. The van der Waals surface area contributed by atoms with Gasteiger partial charge in [-0.3, -0.25) is 4.79 Å². The fraction of sp³-hybridized carbons (Fsp3) is 0.481. The molecule has 0 saturated heterocycles. The highest BCUT2D eigenvalue weighted by molar-refractivity contribution is 5.93. The third-order valence-electron chi connectivity index (χ3n) is 5.97. The number of aliphatic hydroxyl groups is 1. The average Bonchev–Trinajstić information content (AvgIpc) is 2.83. The standard InChI is InChI=1S/C27H36O6/c1-17(2)26(32-16-21-12-14-23(31-6)15-13-21)19(4)24(28)18(3)25(29)20(5)33-27(30)22-10-8-7-9-11-22/h7-15,17-20,24,26,28H,16H2,1-6H3/t18-,19+,20+,24+,26-/m0/s1. The fourth-order valence-corrected chi connectivity index (χ4v) is 3.91. The van der Waals surface area contributed by atoms with Crippen LogP contribution in [0.25, 0.3) is 0 Å². The highest BCUT2D eigenvalue weighted by Crippen LogP contribution is 2.27. The van der Waals surface area contributed by atoms with Gasteiger partial charge in [0.15, 0.2) is 11.9 Å². The van der Waals surface area contributed by atoms with E-state index in [2.05, 4.69) is 0 Å². The monoisotopic (exact) mass is 456 g/mol. The van der Waals surface area contributed by atoms with Gasteiger partial charge in [0.05, 0.1) is 31.5 Å². The van der Waals surface area contributed by atoms with Crippen LogP contribution in [-0.4, -0.2) is 42.3 Å². The summed E-state index contributed by atoms with van der Waals surface area (Å²) in [5.74, 6) is -1.00. The normalized spacial score (nSPS) is 15.9. The molecule has 0 unspecified atom stereocenters. The number of ketones is 1. The van der Waals surface area contributed by atoms with Crippen LogP contribution in [0.2, 0.25) is 0 Å². The minimum atomic E-state index is -0.965. The number of Topliss-reactive ketones (excluding diaryl/α,β-unsaturated/α-hetero) is 1. The van der Waals surface area contributed by atoms with Gasteiger partial charge in [0, 0.05) is 11.8 Å². The summed E-state index contributed by atoms with van der Waals surface area (Å²) in [6.07, 6.45) is -2.18. The van der Waals surface area contributed by atoms with E-state index in [9.17, 15) is 14.7 Å². The van der Waals surface area contributed by atoms with Gasteiger partial charge in [0.1, 0.15) is 5.75 Å². The molecule has 0 saturated carbocycles. The van der Waals surface area contributed by atoms with Crippen molar-refractivity contribution in [2.45, 2.75) is 59.5 Å². The largest absolute Gasteiger partial charge is 0.497 e. The summed E-state index contributed by atoms with van der Waals surface area (Å²) in [6.45, 7) is 9.52. The van der Waals surface area contributed by atoms with Crippen molar-refractivity contribution in [1.29, 1.82) is 0 Å². The molecule has 180 valence electrons. The maximum Gasteiger partial charge on any atom is 0.338 e. The summed E-state index contributed by atoms with van der Waals surface area (Å²) in [6, 6.07) is 16.1. The summed E-state index contributed by atoms with van der Waals surface area (Å²) in [7, 11) is 1.62. The van der Waals surface area contributed by atoms with Gasteiger partial charge in [0.25, 0.3) is 0 Å². The van der Waals surface area contributed by atoms with E-state index in [1.165, 1.54) is 6.92 Å². The Balaban J connectivity index is 1.98. The van der Waals surface area contributed by atoms with Crippen LogP contribution in [0, 0.1) is 17.8 Å². The van der Waals surface area contributed by atoms with Gasteiger partial charge in [-0.2, -0.15) is 0 Å². The number of carbonyl (C=O) groups is 2. The number of hydrogen-bond donors (Lipinski definition) is 1. The van der Waals surface area contributed by atoms with Gasteiger partial charge in [-0.15, -0.1) is 0 Å². The molecule has 6 nitrogen and oxygen atoms in total. The molecule has 5 atom stereocenters. The fourth-order valence-electron chi connectivity index (χ4n) is 3.91. The molecule has 2 rings (SSSR count). The molecule has 33 heavy (non-hydrogen) atoms. The first-order chi connectivity index (χ1) is 15.6. The lowest BCUT2D eigenvalue weighted by Crippen LogP contribution is -2.43. The van der Waals surface area contributed by atoms with Crippen molar-refractivity contribution in [1.82, 2.24) is 0 Å². The average molecular weight is 457 g/mol. The molecule has 0 bridgehead atoms. The second kappa shape index (κ2) is 12.5. The molecule has 2 aromatic carbocycles. The summed E-state index contributed by atoms with van der Waals surface area (Å²) in [5.41, 5.74) is 1.37. The molecule has 0 aliphatic rings. The van der Waals surface area contributed by atoms with E-state index in [-0.39, 0.29) is 23.7 Å². The van der Waals surface area contributed by atoms with Gasteiger partial charge < -0.3 is 19.3 Å². The van der Waals surface area contributed by atoms with E-state index >= 15 is 0 Å². The molecular weight excluding hydrogens is 420 g/mol. The van der Waals surface area contributed by atoms with Crippen molar-refractivity contribution in [3.05, 3.63) is 65.7 Å². The Labute approximate surface area is 196 Å². The van der Waals surface area contributed by atoms with Gasteiger partial charge in [-0.05, 0) is 42.7 Å². The topological polar surface area (TPSA) is 82.1 Å². The predicted octanol–water partition coefficient (Wildman–Crippen LogP) is 4.68. The highest BCUT2D eigenvalue weighted by atomic mass is 16.5. The first-order valence-corrected chi connectivity index (χ1v) is 11.4. The maximum atomic E-state index is 12.9. The van der Waals surface area contributed by atoms with Crippen LogP contribution < -0.4 is 4.74 Å².